The summed E-state index contributed by atoms with van der Waals surface area (Å²) in [6, 6.07) is 2.74. The molecule has 6 rings (SSSR count). The number of hydrogen-bond acceptors (Lipinski definition) is 10. The Labute approximate surface area is 235 Å². The molecule has 0 bridgehead atoms. The SMILES string of the molecule is CCCc1c(Cl)c2c(c(=O)n1C)C(=O)c1c(ccc3c(OC)c4oc5c(c(=O)c4c(O)c13)[C@@H](O)[C@@H](O)C[C@@H]5O)C2=O. The van der Waals surface area contributed by atoms with Gasteiger partial charge >= 0.3 is 0 Å². The average molecular weight is 582 g/mol. The maximum Gasteiger partial charge on any atom is 0.262 e. The quantitative estimate of drug-likeness (QED) is 0.232. The van der Waals surface area contributed by atoms with E-state index in [1.807, 2.05) is 6.92 Å². The number of hydrogen-bond donors (Lipinski definition) is 4. The Morgan fingerprint density at radius 2 is 1.76 bits per heavy atom. The van der Waals surface area contributed by atoms with Crippen LogP contribution in [0, 0.1) is 0 Å². The summed E-state index contributed by atoms with van der Waals surface area (Å²) in [4.78, 5) is 54.9. The van der Waals surface area contributed by atoms with Crippen LogP contribution in [-0.2, 0) is 13.5 Å². The lowest BCUT2D eigenvalue weighted by Crippen LogP contribution is -2.35. The number of benzene rings is 2. The van der Waals surface area contributed by atoms with E-state index < -0.39 is 63.1 Å². The highest BCUT2D eigenvalue weighted by Gasteiger charge is 2.41. The van der Waals surface area contributed by atoms with Gasteiger partial charge in [-0.2, -0.15) is 0 Å². The molecule has 4 aromatic rings. The molecule has 0 aliphatic heterocycles. The van der Waals surface area contributed by atoms with Gasteiger partial charge in [-0.15, -0.1) is 0 Å². The van der Waals surface area contributed by atoms with Crippen LogP contribution < -0.4 is 15.7 Å². The summed E-state index contributed by atoms with van der Waals surface area (Å²) in [7, 11) is 2.71. The standard InChI is InChI=1S/C29H24ClNO10/c1-4-5-11-20(30)16-17(29(39)31(11)2)23(36)14-9(21(16)34)6-7-10-15(14)24(37)19-25(38)18-22(35)12(32)8-13(33)27(18)41-28(19)26(10)40-3/h6-7,12-13,22,32-33,35,37H,4-5,8H2,1-3H3/t12-,13-,22-/m0/s1. The fourth-order valence-corrected chi connectivity index (χ4v) is 6.44. The normalized spacial score (nSPS) is 19.8. The van der Waals surface area contributed by atoms with Gasteiger partial charge in [-0.3, -0.25) is 19.2 Å². The highest BCUT2D eigenvalue weighted by atomic mass is 35.5. The number of phenolic OH excluding ortho intramolecular Hbond substituents is 1. The predicted molar refractivity (Wildman–Crippen MR) is 146 cm³/mol. The van der Waals surface area contributed by atoms with Crippen molar-refractivity contribution in [1.82, 2.24) is 4.57 Å². The highest BCUT2D eigenvalue weighted by molar-refractivity contribution is 6.41. The minimum atomic E-state index is -1.72. The monoisotopic (exact) mass is 581 g/mol. The van der Waals surface area contributed by atoms with Crippen molar-refractivity contribution in [3.05, 3.63) is 77.0 Å². The van der Waals surface area contributed by atoms with Crippen molar-refractivity contribution in [2.75, 3.05) is 7.11 Å². The molecule has 12 heteroatoms. The Kier molecular flexibility index (Phi) is 6.12. The molecular weight excluding hydrogens is 558 g/mol. The Morgan fingerprint density at radius 1 is 1.05 bits per heavy atom. The fraction of sp³-hybridized carbons (Fsp3) is 0.310. The van der Waals surface area contributed by atoms with Crippen molar-refractivity contribution >= 4 is 44.9 Å². The van der Waals surface area contributed by atoms with E-state index in [2.05, 4.69) is 0 Å². The Hall–Kier alpha value is -4.03. The third kappa shape index (κ3) is 3.43. The van der Waals surface area contributed by atoms with E-state index in [0.717, 1.165) is 0 Å². The number of ketones is 2. The number of nitrogens with zero attached hydrogens (tertiary/aromatic N) is 1. The summed E-state index contributed by atoms with van der Waals surface area (Å²) >= 11 is 6.59. The van der Waals surface area contributed by atoms with E-state index >= 15 is 0 Å². The molecule has 0 amide bonds. The number of pyridine rings is 1. The van der Waals surface area contributed by atoms with Crippen molar-refractivity contribution < 1.29 is 39.2 Å². The first kappa shape index (κ1) is 27.2. The number of aromatic nitrogens is 1. The lowest BCUT2D eigenvalue weighted by atomic mass is 9.80. The van der Waals surface area contributed by atoms with Gasteiger partial charge < -0.3 is 34.1 Å². The van der Waals surface area contributed by atoms with Crippen LogP contribution in [0.5, 0.6) is 11.5 Å². The largest absolute Gasteiger partial charge is 0.506 e. The van der Waals surface area contributed by atoms with Crippen LogP contribution in [0.25, 0.3) is 21.7 Å². The molecular formula is C29H24ClNO10. The van der Waals surface area contributed by atoms with Crippen LogP contribution in [-0.4, -0.2) is 49.8 Å². The summed E-state index contributed by atoms with van der Waals surface area (Å²) in [5.41, 5.74) is -3.18. The molecule has 3 atom stereocenters. The number of halogens is 1. The molecule has 2 aliphatic carbocycles. The molecule has 0 radical (unpaired) electrons. The van der Waals surface area contributed by atoms with Gasteiger partial charge in [0.2, 0.25) is 11.2 Å². The molecule has 41 heavy (non-hydrogen) atoms. The van der Waals surface area contributed by atoms with E-state index in [1.165, 1.54) is 30.9 Å². The van der Waals surface area contributed by atoms with E-state index in [-0.39, 0.29) is 56.0 Å². The summed E-state index contributed by atoms with van der Waals surface area (Å²) in [5.74, 6) is -2.74. The van der Waals surface area contributed by atoms with Crippen molar-refractivity contribution in [3.63, 3.8) is 0 Å². The van der Waals surface area contributed by atoms with Gasteiger partial charge in [0.15, 0.2) is 17.1 Å². The smallest absolute Gasteiger partial charge is 0.262 e. The van der Waals surface area contributed by atoms with Crippen LogP contribution in [0.4, 0.5) is 0 Å². The number of ether oxygens (including phenoxy) is 1. The van der Waals surface area contributed by atoms with Crippen molar-refractivity contribution in [3.8, 4) is 11.5 Å². The molecule has 4 N–H and O–H groups in total. The molecule has 0 fully saturated rings. The lowest BCUT2D eigenvalue weighted by Gasteiger charge is -2.29. The Bertz CT molecular complexity index is 1990. The molecule has 2 aromatic carbocycles. The minimum absolute atomic E-state index is 0.00765. The number of carbonyl (C=O) groups is 2. The highest BCUT2D eigenvalue weighted by Crippen LogP contribution is 2.47. The third-order valence-electron chi connectivity index (χ3n) is 8.00. The summed E-state index contributed by atoms with van der Waals surface area (Å²) in [6.45, 7) is 1.88. The molecule has 11 nitrogen and oxygen atoms in total. The van der Waals surface area contributed by atoms with Gasteiger partial charge in [0.25, 0.3) is 5.56 Å². The lowest BCUT2D eigenvalue weighted by molar-refractivity contribution is -0.0373. The molecule has 0 unspecified atom stereocenters. The Balaban J connectivity index is 1.76. The van der Waals surface area contributed by atoms with Crippen LogP contribution in [0.3, 0.4) is 0 Å². The third-order valence-corrected chi connectivity index (χ3v) is 8.40. The molecule has 2 heterocycles. The second kappa shape index (κ2) is 9.25. The van der Waals surface area contributed by atoms with E-state index in [4.69, 9.17) is 20.8 Å². The molecule has 0 spiro atoms. The maximum atomic E-state index is 14.0. The van der Waals surface area contributed by atoms with Gasteiger partial charge in [0.1, 0.15) is 34.7 Å². The number of aromatic hydroxyl groups is 1. The van der Waals surface area contributed by atoms with Gasteiger partial charge in [-0.25, -0.2) is 0 Å². The minimum Gasteiger partial charge on any atom is -0.506 e. The number of aliphatic hydroxyl groups is 3. The topological polar surface area (TPSA) is 176 Å². The van der Waals surface area contributed by atoms with Crippen LogP contribution >= 0.6 is 11.6 Å². The second-order valence-electron chi connectivity index (χ2n) is 10.3. The maximum absolute atomic E-state index is 14.0. The number of phenols is 1. The van der Waals surface area contributed by atoms with Gasteiger partial charge in [-0.05, 0) is 18.6 Å². The summed E-state index contributed by atoms with van der Waals surface area (Å²) < 4.78 is 12.6. The number of aliphatic hydroxyl groups excluding tert-OH is 3. The number of methoxy groups -OCH3 is 1. The predicted octanol–water partition coefficient (Wildman–Crippen LogP) is 2.57. The number of rotatable bonds is 3. The van der Waals surface area contributed by atoms with Crippen molar-refractivity contribution in [2.45, 2.75) is 44.5 Å². The second-order valence-corrected chi connectivity index (χ2v) is 10.6. The zero-order valence-corrected chi connectivity index (χ0v) is 22.8. The van der Waals surface area contributed by atoms with Crippen LogP contribution in [0.2, 0.25) is 5.02 Å². The van der Waals surface area contributed by atoms with E-state index in [9.17, 15) is 39.6 Å². The first-order valence-corrected chi connectivity index (χ1v) is 13.2. The Morgan fingerprint density at radius 3 is 2.41 bits per heavy atom. The van der Waals surface area contributed by atoms with Crippen LogP contribution in [0.15, 0.2) is 26.1 Å². The fourth-order valence-electron chi connectivity index (χ4n) is 6.03. The first-order valence-electron chi connectivity index (χ1n) is 12.9. The molecule has 2 aliphatic rings. The molecule has 0 saturated heterocycles. The van der Waals surface area contributed by atoms with Gasteiger partial charge in [0.05, 0.1) is 29.4 Å². The number of carbonyl (C=O) groups excluding carboxylic acids is 2. The van der Waals surface area contributed by atoms with Crippen molar-refractivity contribution in [2.24, 2.45) is 7.05 Å². The zero-order valence-electron chi connectivity index (χ0n) is 22.1. The van der Waals surface area contributed by atoms with E-state index in [1.54, 1.807) is 0 Å². The van der Waals surface area contributed by atoms with Crippen LogP contribution in [0.1, 0.15) is 80.8 Å². The number of fused-ring (bicyclic) bond motifs is 6. The summed E-state index contributed by atoms with van der Waals surface area (Å²) in [6.07, 6.45) is -3.91. The van der Waals surface area contributed by atoms with Gasteiger partial charge in [0, 0.05) is 41.1 Å². The average Bonchev–Trinajstić information content (AvgIpc) is 2.94. The first-order chi connectivity index (χ1) is 19.5. The molecule has 2 aromatic heterocycles. The molecule has 0 saturated carbocycles. The molecule has 212 valence electrons. The summed E-state index contributed by atoms with van der Waals surface area (Å²) in [5, 5.41) is 42.1. The van der Waals surface area contributed by atoms with Crippen molar-refractivity contribution in [1.29, 1.82) is 0 Å². The van der Waals surface area contributed by atoms with E-state index in [0.29, 0.717) is 18.5 Å². The van der Waals surface area contributed by atoms with Gasteiger partial charge in [-0.1, -0.05) is 24.9 Å². The zero-order chi connectivity index (χ0) is 29.7.